The summed E-state index contributed by atoms with van der Waals surface area (Å²) in [4.78, 5) is 17.2. The number of hydrogen-bond donors (Lipinski definition) is 1. The number of amides is 1. The van der Waals surface area contributed by atoms with Gasteiger partial charge in [-0.1, -0.05) is 18.2 Å². The molecule has 1 aliphatic heterocycles. The number of aliphatic imine (C=N–C) groups is 1. The molecule has 5 heteroatoms. The molecule has 3 rings (SSSR count). The number of carbonyl (C=O) groups excluding carboxylic acids is 1. The van der Waals surface area contributed by atoms with Gasteiger partial charge in [-0.15, -0.1) is 11.3 Å². The molecule has 0 saturated heterocycles. The summed E-state index contributed by atoms with van der Waals surface area (Å²) in [5.74, 6) is 0.246. The summed E-state index contributed by atoms with van der Waals surface area (Å²) in [6.07, 6.45) is 3.12. The summed E-state index contributed by atoms with van der Waals surface area (Å²) in [6.45, 7) is 0. The number of nitrogens with one attached hydrogen (secondary N) is 1. The van der Waals surface area contributed by atoms with Crippen LogP contribution >= 0.6 is 11.3 Å². The molecule has 106 valence electrons. The number of hydrogen-bond acceptors (Lipinski definition) is 3. The first-order valence-electron chi connectivity index (χ1n) is 6.59. The molecule has 0 unspecified atom stereocenters. The van der Waals surface area contributed by atoms with E-state index in [0.717, 1.165) is 10.4 Å². The number of amidine groups is 1. The molecule has 1 aromatic heterocycles. The first-order valence-corrected chi connectivity index (χ1v) is 7.47. The quantitative estimate of drug-likeness (QED) is 0.864. The predicted molar refractivity (Wildman–Crippen MR) is 82.6 cm³/mol. The minimum atomic E-state index is -0.244. The molecule has 3 nitrogen and oxygen atoms in total. The predicted octanol–water partition coefficient (Wildman–Crippen LogP) is 3.39. The van der Waals surface area contributed by atoms with Crippen LogP contribution in [0.2, 0.25) is 0 Å². The van der Waals surface area contributed by atoms with Gasteiger partial charge < -0.3 is 5.32 Å². The molecule has 1 aromatic carbocycles. The molecule has 0 bridgehead atoms. The van der Waals surface area contributed by atoms with Gasteiger partial charge >= 0.3 is 0 Å². The smallest absolute Gasteiger partial charge is 0.275 e. The van der Waals surface area contributed by atoms with E-state index in [2.05, 4.69) is 10.3 Å². The normalized spacial score (nSPS) is 16.1. The average Bonchev–Trinajstić information content (AvgIpc) is 3.10. The Hall–Kier alpha value is -2.27. The fourth-order valence-corrected chi connectivity index (χ4v) is 2.71. The van der Waals surface area contributed by atoms with Crippen molar-refractivity contribution in [1.82, 2.24) is 5.32 Å². The van der Waals surface area contributed by atoms with E-state index >= 15 is 0 Å². The molecule has 0 spiro atoms. The second-order valence-corrected chi connectivity index (χ2v) is 5.66. The number of nitrogens with zero attached hydrogens (tertiary/aromatic N) is 1. The summed E-state index contributed by atoms with van der Waals surface area (Å²) in [7, 11) is 0. The van der Waals surface area contributed by atoms with Crippen LogP contribution in [-0.2, 0) is 11.2 Å². The van der Waals surface area contributed by atoms with E-state index in [0.29, 0.717) is 24.4 Å². The molecule has 2 aromatic rings. The maximum atomic E-state index is 12.8. The lowest BCUT2D eigenvalue weighted by Crippen LogP contribution is -2.24. The highest BCUT2D eigenvalue weighted by molar-refractivity contribution is 7.10. The SMILES string of the molecule is O=C1NC(CCc2ccc(F)cc2)=N/C1=C/c1cccs1. The second kappa shape index (κ2) is 6.01. The summed E-state index contributed by atoms with van der Waals surface area (Å²) in [6, 6.07) is 10.2. The van der Waals surface area contributed by atoms with Crippen molar-refractivity contribution in [2.75, 3.05) is 0 Å². The molecule has 0 fully saturated rings. The zero-order valence-electron chi connectivity index (χ0n) is 11.2. The van der Waals surface area contributed by atoms with Gasteiger partial charge in [0.2, 0.25) is 0 Å². The molecule has 0 radical (unpaired) electrons. The van der Waals surface area contributed by atoms with Crippen molar-refractivity contribution in [1.29, 1.82) is 0 Å². The molecular formula is C16H13FN2OS. The van der Waals surface area contributed by atoms with Crippen LogP contribution in [0.4, 0.5) is 4.39 Å². The Morgan fingerprint density at radius 2 is 2.00 bits per heavy atom. The third-order valence-electron chi connectivity index (χ3n) is 3.13. The lowest BCUT2D eigenvalue weighted by atomic mass is 10.1. The van der Waals surface area contributed by atoms with E-state index in [9.17, 15) is 9.18 Å². The van der Waals surface area contributed by atoms with E-state index in [1.807, 2.05) is 17.5 Å². The van der Waals surface area contributed by atoms with Crippen molar-refractivity contribution in [2.45, 2.75) is 12.8 Å². The summed E-state index contributed by atoms with van der Waals surface area (Å²) >= 11 is 1.56. The first-order chi connectivity index (χ1) is 10.2. The number of carbonyl (C=O) groups is 1. The third kappa shape index (κ3) is 3.44. The Balaban J connectivity index is 1.66. The van der Waals surface area contributed by atoms with E-state index in [1.54, 1.807) is 29.5 Å². The van der Waals surface area contributed by atoms with Gasteiger partial charge in [-0.2, -0.15) is 0 Å². The Labute approximate surface area is 125 Å². The van der Waals surface area contributed by atoms with Gasteiger partial charge in [0.25, 0.3) is 5.91 Å². The minimum Gasteiger partial charge on any atom is -0.309 e. The van der Waals surface area contributed by atoms with Crippen LogP contribution in [0.5, 0.6) is 0 Å². The van der Waals surface area contributed by atoms with Crippen LogP contribution in [0, 0.1) is 5.82 Å². The fourth-order valence-electron chi connectivity index (χ4n) is 2.06. The van der Waals surface area contributed by atoms with Crippen LogP contribution in [0.1, 0.15) is 16.9 Å². The van der Waals surface area contributed by atoms with Crippen molar-refractivity contribution in [3.8, 4) is 0 Å². The van der Waals surface area contributed by atoms with E-state index in [1.165, 1.54) is 12.1 Å². The Morgan fingerprint density at radius 1 is 1.19 bits per heavy atom. The Kier molecular flexibility index (Phi) is 3.92. The van der Waals surface area contributed by atoms with Crippen molar-refractivity contribution in [3.63, 3.8) is 0 Å². The zero-order valence-corrected chi connectivity index (χ0v) is 12.0. The molecule has 1 aliphatic rings. The third-order valence-corrected chi connectivity index (χ3v) is 3.95. The summed E-state index contributed by atoms with van der Waals surface area (Å²) < 4.78 is 12.8. The lowest BCUT2D eigenvalue weighted by molar-refractivity contribution is -0.115. The largest absolute Gasteiger partial charge is 0.309 e. The van der Waals surface area contributed by atoms with Crippen LogP contribution in [-0.4, -0.2) is 11.7 Å². The molecule has 0 aliphatic carbocycles. The van der Waals surface area contributed by atoms with E-state index in [4.69, 9.17) is 0 Å². The maximum absolute atomic E-state index is 12.8. The number of aryl methyl sites for hydroxylation is 1. The number of thiophene rings is 1. The second-order valence-electron chi connectivity index (χ2n) is 4.68. The highest BCUT2D eigenvalue weighted by Crippen LogP contribution is 2.17. The maximum Gasteiger partial charge on any atom is 0.275 e. The Morgan fingerprint density at radius 3 is 2.71 bits per heavy atom. The van der Waals surface area contributed by atoms with Gasteiger partial charge in [0.1, 0.15) is 17.3 Å². The van der Waals surface area contributed by atoms with Gasteiger partial charge in [-0.3, -0.25) is 4.79 Å². The highest BCUT2D eigenvalue weighted by Gasteiger charge is 2.19. The molecule has 0 saturated carbocycles. The summed E-state index contributed by atoms with van der Waals surface area (Å²) in [5.41, 5.74) is 1.45. The molecule has 1 amide bonds. The number of rotatable bonds is 4. The molecular weight excluding hydrogens is 287 g/mol. The summed E-state index contributed by atoms with van der Waals surface area (Å²) in [5, 5.41) is 4.73. The Bertz CT molecular complexity index is 702. The molecule has 21 heavy (non-hydrogen) atoms. The van der Waals surface area contributed by atoms with Crippen molar-refractivity contribution < 1.29 is 9.18 Å². The standard InChI is InChI=1S/C16H13FN2OS/c17-12-6-3-11(4-7-12)5-8-15-18-14(16(20)19-15)10-13-2-1-9-21-13/h1-4,6-7,9-10H,5,8H2,(H,18,19,20)/b14-10+. The van der Waals surface area contributed by atoms with Crippen molar-refractivity contribution in [2.24, 2.45) is 4.99 Å². The first kappa shape index (κ1) is 13.7. The number of halogens is 1. The zero-order chi connectivity index (χ0) is 14.7. The van der Waals surface area contributed by atoms with Gasteiger partial charge in [0.15, 0.2) is 0 Å². The van der Waals surface area contributed by atoms with Gasteiger partial charge in [0.05, 0.1) is 0 Å². The molecule has 2 heterocycles. The van der Waals surface area contributed by atoms with Gasteiger partial charge in [-0.25, -0.2) is 9.38 Å². The van der Waals surface area contributed by atoms with Crippen LogP contribution in [0.3, 0.4) is 0 Å². The van der Waals surface area contributed by atoms with E-state index in [-0.39, 0.29) is 11.7 Å². The topological polar surface area (TPSA) is 41.5 Å². The fraction of sp³-hybridized carbons (Fsp3) is 0.125. The lowest BCUT2D eigenvalue weighted by Gasteiger charge is -2.01. The molecule has 0 atom stereocenters. The molecule has 1 N–H and O–H groups in total. The van der Waals surface area contributed by atoms with Crippen LogP contribution < -0.4 is 5.32 Å². The van der Waals surface area contributed by atoms with E-state index < -0.39 is 0 Å². The van der Waals surface area contributed by atoms with Crippen molar-refractivity contribution in [3.05, 3.63) is 63.7 Å². The minimum absolute atomic E-state index is 0.169. The van der Waals surface area contributed by atoms with Crippen LogP contribution in [0.15, 0.2) is 52.5 Å². The monoisotopic (exact) mass is 300 g/mol. The average molecular weight is 300 g/mol. The number of benzene rings is 1. The van der Waals surface area contributed by atoms with Crippen LogP contribution in [0.25, 0.3) is 6.08 Å². The van der Waals surface area contributed by atoms with Gasteiger partial charge in [0, 0.05) is 11.3 Å². The van der Waals surface area contributed by atoms with Crippen molar-refractivity contribution >= 4 is 29.2 Å². The van der Waals surface area contributed by atoms with Gasteiger partial charge in [-0.05, 0) is 41.6 Å². The highest BCUT2D eigenvalue weighted by atomic mass is 32.1.